The van der Waals surface area contributed by atoms with Crippen LogP contribution in [-0.2, 0) is 23.9 Å². The van der Waals surface area contributed by atoms with Gasteiger partial charge < -0.3 is 15.0 Å². The Labute approximate surface area is 160 Å². The normalized spacial score (nSPS) is 12.5. The van der Waals surface area contributed by atoms with Gasteiger partial charge in [0.15, 0.2) is 0 Å². The largest absolute Gasteiger partial charge is 0.466 e. The first kappa shape index (κ1) is 24.4. The Bertz CT molecular complexity index is 516. The zero-order valence-corrected chi connectivity index (χ0v) is 17.7. The Balaban J connectivity index is 5.41. The Morgan fingerprint density at radius 3 is 2.04 bits per heavy atom. The summed E-state index contributed by atoms with van der Waals surface area (Å²) in [5, 5.41) is 2.37. The maximum Gasteiger partial charge on any atom is 0.314 e. The van der Waals surface area contributed by atoms with Crippen molar-refractivity contribution in [1.29, 1.82) is 0 Å². The summed E-state index contributed by atoms with van der Waals surface area (Å²) in [7, 11) is 0. The molecule has 0 saturated carbocycles. The lowest BCUT2D eigenvalue weighted by atomic mass is 10.0. The van der Waals surface area contributed by atoms with Gasteiger partial charge in [-0.1, -0.05) is 25.6 Å². The molecule has 0 aromatic rings. The van der Waals surface area contributed by atoms with E-state index in [4.69, 9.17) is 4.74 Å². The average Bonchev–Trinajstić information content (AvgIpc) is 2.52. The van der Waals surface area contributed by atoms with Gasteiger partial charge in [0.05, 0.1) is 6.61 Å². The first-order valence-corrected chi connectivity index (χ1v) is 9.78. The van der Waals surface area contributed by atoms with E-state index < -0.39 is 21.9 Å². The number of carbonyl (C=O) groups is 4. The van der Waals surface area contributed by atoms with Crippen molar-refractivity contribution in [2.24, 2.45) is 5.92 Å². The highest BCUT2D eigenvalue weighted by molar-refractivity contribution is 8.14. The molecular formula is C18H32N2O5S. The number of thioether (sulfide) groups is 1. The molecular weight excluding hydrogens is 356 g/mol. The molecule has 0 bridgehead atoms. The number of hydrogen-bond donors (Lipinski definition) is 1. The van der Waals surface area contributed by atoms with Crippen LogP contribution in [0.5, 0.6) is 0 Å². The summed E-state index contributed by atoms with van der Waals surface area (Å²) in [6.45, 7) is 13.5. The quantitative estimate of drug-likeness (QED) is 0.454. The zero-order valence-electron chi connectivity index (χ0n) is 16.9. The molecule has 1 N–H and O–H groups in total. The first-order chi connectivity index (χ1) is 12.0. The molecule has 0 aromatic carbocycles. The molecule has 0 aliphatic heterocycles. The maximum absolute atomic E-state index is 12.9. The zero-order chi connectivity index (χ0) is 20.5. The molecule has 26 heavy (non-hydrogen) atoms. The third-order valence-corrected chi connectivity index (χ3v) is 4.93. The number of esters is 1. The second-order valence-corrected chi connectivity index (χ2v) is 8.38. The Kier molecular flexibility index (Phi) is 10.5. The van der Waals surface area contributed by atoms with Crippen LogP contribution in [0.1, 0.15) is 54.9 Å². The maximum atomic E-state index is 12.9. The van der Waals surface area contributed by atoms with Crippen LogP contribution < -0.4 is 5.32 Å². The highest BCUT2D eigenvalue weighted by Crippen LogP contribution is 2.31. The van der Waals surface area contributed by atoms with E-state index in [9.17, 15) is 19.2 Å². The minimum atomic E-state index is -0.923. The number of amides is 2. The van der Waals surface area contributed by atoms with Crippen LogP contribution in [0.2, 0.25) is 0 Å². The van der Waals surface area contributed by atoms with Gasteiger partial charge in [-0.25, -0.2) is 0 Å². The summed E-state index contributed by atoms with van der Waals surface area (Å²) in [5.74, 6) is -1.40. The Morgan fingerprint density at radius 2 is 1.62 bits per heavy atom. The van der Waals surface area contributed by atoms with Gasteiger partial charge in [0.2, 0.25) is 16.9 Å². The van der Waals surface area contributed by atoms with Gasteiger partial charge >= 0.3 is 5.97 Å². The molecule has 1 unspecified atom stereocenters. The fraction of sp³-hybridized carbons (Fsp3) is 0.778. The number of rotatable bonds is 10. The summed E-state index contributed by atoms with van der Waals surface area (Å²) >= 11 is 0.883. The molecule has 8 heteroatoms. The van der Waals surface area contributed by atoms with Gasteiger partial charge in [-0.15, -0.1) is 0 Å². The summed E-state index contributed by atoms with van der Waals surface area (Å²) in [6.07, 6.45) is -0.369. The van der Waals surface area contributed by atoms with Crippen LogP contribution in [-0.4, -0.2) is 58.3 Å². The lowest BCUT2D eigenvalue weighted by molar-refractivity contribution is -0.144. The fourth-order valence-electron chi connectivity index (χ4n) is 2.28. The first-order valence-electron chi connectivity index (χ1n) is 8.96. The van der Waals surface area contributed by atoms with Crippen molar-refractivity contribution in [3.05, 3.63) is 0 Å². The van der Waals surface area contributed by atoms with Crippen molar-refractivity contribution in [3.8, 4) is 0 Å². The van der Waals surface area contributed by atoms with E-state index in [1.807, 2.05) is 13.8 Å². The molecule has 0 fully saturated rings. The predicted molar refractivity (Wildman–Crippen MR) is 103 cm³/mol. The third-order valence-electron chi connectivity index (χ3n) is 3.80. The second-order valence-electron chi connectivity index (χ2n) is 6.67. The van der Waals surface area contributed by atoms with E-state index in [1.54, 1.807) is 39.5 Å². The number of carbonyl (C=O) groups excluding carboxylic acids is 4. The van der Waals surface area contributed by atoms with E-state index in [0.717, 1.165) is 11.8 Å². The highest BCUT2D eigenvalue weighted by Gasteiger charge is 2.41. The number of hydrogen-bond acceptors (Lipinski definition) is 6. The number of likely N-dealkylation sites (N-methyl/N-ethyl adjacent to an activating group) is 1. The topological polar surface area (TPSA) is 92.8 Å². The van der Waals surface area contributed by atoms with Crippen molar-refractivity contribution >= 4 is 34.7 Å². The van der Waals surface area contributed by atoms with Crippen LogP contribution in [0, 0.1) is 5.92 Å². The van der Waals surface area contributed by atoms with Crippen molar-refractivity contribution in [2.75, 3.05) is 19.7 Å². The molecule has 2 amide bonds. The third kappa shape index (κ3) is 7.76. The minimum Gasteiger partial charge on any atom is -0.466 e. The summed E-state index contributed by atoms with van der Waals surface area (Å²) in [4.78, 5) is 50.5. The van der Waals surface area contributed by atoms with Gasteiger partial charge in [0.25, 0.3) is 0 Å². The minimum absolute atomic E-state index is 0.202. The summed E-state index contributed by atoms with van der Waals surface area (Å²) in [6, 6.07) is -0.881. The molecule has 150 valence electrons. The van der Waals surface area contributed by atoms with Crippen molar-refractivity contribution in [1.82, 2.24) is 10.2 Å². The molecule has 0 aliphatic carbocycles. The molecule has 0 saturated heterocycles. The van der Waals surface area contributed by atoms with Gasteiger partial charge in [-0.2, -0.15) is 0 Å². The number of ether oxygens (including phenoxy) is 1. The molecule has 0 aliphatic rings. The van der Waals surface area contributed by atoms with E-state index in [0.29, 0.717) is 13.1 Å². The number of nitrogens with one attached hydrogen (secondary N) is 1. The SMILES string of the molecule is CCOC(=O)CC(=O)SC(C)(C)C(NC(=O)C(C)C)C(=O)N(CC)CC. The monoisotopic (exact) mass is 388 g/mol. The van der Waals surface area contributed by atoms with Crippen LogP contribution >= 0.6 is 11.8 Å². The van der Waals surface area contributed by atoms with Crippen molar-refractivity contribution in [3.63, 3.8) is 0 Å². The average molecular weight is 389 g/mol. The van der Waals surface area contributed by atoms with Crippen LogP contribution in [0.15, 0.2) is 0 Å². The fourth-order valence-corrected chi connectivity index (χ4v) is 3.33. The standard InChI is InChI=1S/C18H32N2O5S/c1-8-20(9-2)17(24)15(19-16(23)12(4)5)18(6,7)26-14(22)11-13(21)25-10-3/h12,15H,8-11H2,1-7H3,(H,19,23). The Morgan fingerprint density at radius 1 is 1.08 bits per heavy atom. The smallest absolute Gasteiger partial charge is 0.314 e. The number of nitrogens with zero attached hydrogens (tertiary/aromatic N) is 1. The predicted octanol–water partition coefficient (Wildman–Crippen LogP) is 1.99. The molecule has 1 atom stereocenters. The van der Waals surface area contributed by atoms with E-state index in [1.165, 1.54) is 0 Å². The molecule has 0 radical (unpaired) electrons. The molecule has 7 nitrogen and oxygen atoms in total. The van der Waals surface area contributed by atoms with Crippen LogP contribution in [0.3, 0.4) is 0 Å². The van der Waals surface area contributed by atoms with E-state index in [2.05, 4.69) is 5.32 Å². The molecule has 0 aromatic heterocycles. The van der Waals surface area contributed by atoms with E-state index in [-0.39, 0.29) is 30.8 Å². The second kappa shape index (κ2) is 11.2. The lowest BCUT2D eigenvalue weighted by Gasteiger charge is -2.36. The van der Waals surface area contributed by atoms with Crippen LogP contribution in [0.4, 0.5) is 0 Å². The van der Waals surface area contributed by atoms with Crippen LogP contribution in [0.25, 0.3) is 0 Å². The van der Waals surface area contributed by atoms with Gasteiger partial charge in [-0.3, -0.25) is 19.2 Å². The van der Waals surface area contributed by atoms with Crippen molar-refractivity contribution in [2.45, 2.75) is 65.7 Å². The van der Waals surface area contributed by atoms with Gasteiger partial charge in [0.1, 0.15) is 12.5 Å². The highest BCUT2D eigenvalue weighted by atomic mass is 32.2. The Hall–Kier alpha value is -1.57. The van der Waals surface area contributed by atoms with E-state index >= 15 is 0 Å². The van der Waals surface area contributed by atoms with Gasteiger partial charge in [-0.05, 0) is 34.6 Å². The molecule has 0 rings (SSSR count). The molecule has 0 spiro atoms. The lowest BCUT2D eigenvalue weighted by Crippen LogP contribution is -2.58. The van der Waals surface area contributed by atoms with Gasteiger partial charge in [0, 0.05) is 23.8 Å². The summed E-state index contributed by atoms with van der Waals surface area (Å²) < 4.78 is 3.86. The van der Waals surface area contributed by atoms with Crippen molar-refractivity contribution < 1.29 is 23.9 Å². The summed E-state index contributed by atoms with van der Waals surface area (Å²) in [5.41, 5.74) is 0. The molecule has 0 heterocycles.